The number of anilines is 1. The fourth-order valence-corrected chi connectivity index (χ4v) is 3.94. The van der Waals surface area contributed by atoms with Gasteiger partial charge < -0.3 is 9.64 Å². The van der Waals surface area contributed by atoms with Crippen LogP contribution in [0.1, 0.15) is 11.1 Å². The van der Waals surface area contributed by atoms with Crippen LogP contribution in [0.3, 0.4) is 0 Å². The molecule has 1 fully saturated rings. The smallest absolute Gasteiger partial charge is 0.190 e. The van der Waals surface area contributed by atoms with Crippen molar-refractivity contribution in [2.24, 2.45) is 0 Å². The summed E-state index contributed by atoms with van der Waals surface area (Å²) in [6, 6.07) is 14.4. The second-order valence-electron chi connectivity index (χ2n) is 6.69. The van der Waals surface area contributed by atoms with Gasteiger partial charge in [0.15, 0.2) is 11.0 Å². The lowest BCUT2D eigenvalue weighted by molar-refractivity contribution is 0.122. The van der Waals surface area contributed by atoms with Gasteiger partial charge in [-0.3, -0.25) is 0 Å². The van der Waals surface area contributed by atoms with E-state index in [9.17, 15) is 14.0 Å². The third kappa shape index (κ3) is 4.58. The lowest BCUT2D eigenvalue weighted by Crippen LogP contribution is -2.37. The zero-order valence-electron chi connectivity index (χ0n) is 16.0. The molecule has 2 aromatic carbocycles. The predicted molar refractivity (Wildman–Crippen MR) is 111 cm³/mol. The summed E-state index contributed by atoms with van der Waals surface area (Å²) in [5, 5.41) is 10.4. The van der Waals surface area contributed by atoms with Crippen LogP contribution in [0.15, 0.2) is 53.7 Å². The van der Waals surface area contributed by atoms with Crippen molar-refractivity contribution in [2.75, 3.05) is 31.2 Å². The number of aromatic nitrogens is 2. The van der Waals surface area contributed by atoms with Crippen LogP contribution in [0.4, 0.5) is 14.6 Å². The summed E-state index contributed by atoms with van der Waals surface area (Å²) in [5.74, 6) is 0.464. The van der Waals surface area contributed by atoms with E-state index in [4.69, 9.17) is 4.74 Å². The topological polar surface area (TPSA) is 62.0 Å². The van der Waals surface area contributed by atoms with Gasteiger partial charge in [0.25, 0.3) is 0 Å². The molecule has 2 heterocycles. The van der Waals surface area contributed by atoms with E-state index in [-0.39, 0.29) is 11.6 Å². The van der Waals surface area contributed by atoms with Gasteiger partial charge in [0.05, 0.1) is 18.9 Å². The summed E-state index contributed by atoms with van der Waals surface area (Å²) < 4.78 is 32.0. The number of hydrogen-bond acceptors (Lipinski definition) is 6. The van der Waals surface area contributed by atoms with Crippen LogP contribution in [0.2, 0.25) is 0 Å². The first-order chi connectivity index (χ1) is 14.6. The zero-order valence-corrected chi connectivity index (χ0v) is 16.8. The maximum Gasteiger partial charge on any atom is 0.190 e. The predicted octanol–water partition coefficient (Wildman–Crippen LogP) is 4.42. The lowest BCUT2D eigenvalue weighted by atomic mass is 10.1. The van der Waals surface area contributed by atoms with Gasteiger partial charge in [-0.2, -0.15) is 5.26 Å². The zero-order chi connectivity index (χ0) is 20.9. The average molecular weight is 424 g/mol. The Morgan fingerprint density at radius 2 is 1.60 bits per heavy atom. The highest BCUT2D eigenvalue weighted by molar-refractivity contribution is 7.98. The molecule has 152 valence electrons. The summed E-state index contributed by atoms with van der Waals surface area (Å²) in [6.45, 7) is 2.35. The Morgan fingerprint density at radius 3 is 2.23 bits per heavy atom. The summed E-state index contributed by atoms with van der Waals surface area (Å²) in [4.78, 5) is 11.3. The molecule has 0 atom stereocenters. The Bertz CT molecular complexity index is 1060. The molecule has 0 N–H and O–H groups in total. The van der Waals surface area contributed by atoms with E-state index in [2.05, 4.69) is 16.0 Å². The van der Waals surface area contributed by atoms with E-state index >= 15 is 0 Å². The Morgan fingerprint density at radius 1 is 0.967 bits per heavy atom. The fraction of sp³-hybridized carbons (Fsp3) is 0.227. The van der Waals surface area contributed by atoms with Crippen LogP contribution in [0.25, 0.3) is 11.3 Å². The second kappa shape index (κ2) is 9.20. The average Bonchev–Trinajstić information content (AvgIpc) is 2.79. The van der Waals surface area contributed by atoms with Crippen LogP contribution in [0, 0.1) is 23.0 Å². The van der Waals surface area contributed by atoms with Gasteiger partial charge in [0.2, 0.25) is 0 Å². The quantitative estimate of drug-likeness (QED) is 0.446. The van der Waals surface area contributed by atoms with Crippen molar-refractivity contribution in [1.82, 2.24) is 9.97 Å². The van der Waals surface area contributed by atoms with E-state index in [1.807, 2.05) is 4.90 Å². The Kier molecular flexibility index (Phi) is 6.21. The summed E-state index contributed by atoms with van der Waals surface area (Å²) in [7, 11) is 0. The monoisotopic (exact) mass is 424 g/mol. The second-order valence-corrected chi connectivity index (χ2v) is 7.63. The Labute approximate surface area is 177 Å². The van der Waals surface area contributed by atoms with Crippen LogP contribution in [-0.4, -0.2) is 36.3 Å². The molecule has 0 aliphatic carbocycles. The fourth-order valence-electron chi connectivity index (χ4n) is 3.15. The number of nitrogens with zero attached hydrogens (tertiary/aromatic N) is 4. The maximum absolute atomic E-state index is 13.4. The molecule has 30 heavy (non-hydrogen) atoms. The van der Waals surface area contributed by atoms with Crippen LogP contribution < -0.4 is 4.90 Å². The molecule has 0 spiro atoms. The highest BCUT2D eigenvalue weighted by Gasteiger charge is 2.22. The van der Waals surface area contributed by atoms with Crippen molar-refractivity contribution in [3.05, 3.63) is 71.3 Å². The Hall–Kier alpha value is -3.02. The van der Waals surface area contributed by atoms with Crippen LogP contribution in [0.5, 0.6) is 0 Å². The van der Waals surface area contributed by atoms with Crippen molar-refractivity contribution in [2.45, 2.75) is 10.9 Å². The van der Waals surface area contributed by atoms with E-state index in [0.717, 1.165) is 5.56 Å². The number of halogens is 2. The highest BCUT2D eigenvalue weighted by Crippen LogP contribution is 2.32. The number of nitriles is 1. The molecule has 4 rings (SSSR count). The molecular formula is C22H18F2N4OS. The molecular weight excluding hydrogens is 406 g/mol. The van der Waals surface area contributed by atoms with Crippen molar-refractivity contribution in [3.63, 3.8) is 0 Å². The molecule has 3 aromatic rings. The number of ether oxygens (including phenoxy) is 1. The molecule has 1 saturated heterocycles. The van der Waals surface area contributed by atoms with Gasteiger partial charge >= 0.3 is 0 Å². The van der Waals surface area contributed by atoms with Gasteiger partial charge in [-0.15, -0.1) is 0 Å². The van der Waals surface area contributed by atoms with Gasteiger partial charge in [0.1, 0.15) is 23.3 Å². The molecule has 8 heteroatoms. The van der Waals surface area contributed by atoms with E-state index in [1.54, 1.807) is 24.3 Å². The molecule has 0 amide bonds. The molecule has 1 aromatic heterocycles. The standard InChI is InChI=1S/C22H18F2N4OS/c23-17-5-1-15(2-6-17)14-30-22-26-20(16-3-7-18(24)8-4-16)19(13-25)21(27-22)28-9-11-29-12-10-28/h1-8H,9-12,14H2. The minimum Gasteiger partial charge on any atom is -0.378 e. The number of morpholine rings is 1. The summed E-state index contributed by atoms with van der Waals surface area (Å²) in [6.07, 6.45) is 0. The summed E-state index contributed by atoms with van der Waals surface area (Å²) in [5.41, 5.74) is 2.41. The third-order valence-electron chi connectivity index (χ3n) is 4.69. The van der Waals surface area contributed by atoms with E-state index in [0.29, 0.717) is 59.9 Å². The minimum atomic E-state index is -0.356. The van der Waals surface area contributed by atoms with E-state index in [1.165, 1.54) is 36.0 Å². The molecule has 1 aliphatic heterocycles. The first kappa shape index (κ1) is 20.3. The number of thioether (sulfide) groups is 1. The highest BCUT2D eigenvalue weighted by atomic mass is 32.2. The normalized spacial score (nSPS) is 13.8. The van der Waals surface area contributed by atoms with Gasteiger partial charge in [-0.05, 0) is 42.0 Å². The molecule has 0 radical (unpaired) electrons. The molecule has 0 saturated carbocycles. The number of hydrogen-bond donors (Lipinski definition) is 0. The van der Waals surface area contributed by atoms with Crippen molar-refractivity contribution < 1.29 is 13.5 Å². The minimum absolute atomic E-state index is 0.286. The van der Waals surface area contributed by atoms with Crippen molar-refractivity contribution in [3.8, 4) is 17.3 Å². The third-order valence-corrected chi connectivity index (χ3v) is 5.61. The Balaban J connectivity index is 1.73. The first-order valence-corrected chi connectivity index (χ1v) is 10.4. The van der Waals surface area contributed by atoms with Gasteiger partial charge in [-0.1, -0.05) is 23.9 Å². The van der Waals surface area contributed by atoms with Crippen LogP contribution in [-0.2, 0) is 10.5 Å². The largest absolute Gasteiger partial charge is 0.378 e. The van der Waals surface area contributed by atoms with Crippen molar-refractivity contribution in [1.29, 1.82) is 5.26 Å². The number of benzene rings is 2. The van der Waals surface area contributed by atoms with E-state index < -0.39 is 0 Å². The van der Waals surface area contributed by atoms with Crippen molar-refractivity contribution >= 4 is 17.6 Å². The van der Waals surface area contributed by atoms with Crippen LogP contribution >= 0.6 is 11.8 Å². The van der Waals surface area contributed by atoms with Gasteiger partial charge in [0, 0.05) is 24.4 Å². The molecule has 0 unspecified atom stereocenters. The molecule has 0 bridgehead atoms. The first-order valence-electron chi connectivity index (χ1n) is 9.42. The SMILES string of the molecule is N#Cc1c(-c2ccc(F)cc2)nc(SCc2ccc(F)cc2)nc1N1CCOCC1. The molecule has 5 nitrogen and oxygen atoms in total. The maximum atomic E-state index is 13.4. The lowest BCUT2D eigenvalue weighted by Gasteiger charge is -2.29. The summed E-state index contributed by atoms with van der Waals surface area (Å²) >= 11 is 1.40. The van der Waals surface area contributed by atoms with Gasteiger partial charge in [-0.25, -0.2) is 18.7 Å². The number of rotatable bonds is 5. The molecule has 1 aliphatic rings.